The Labute approximate surface area is 225 Å². The Morgan fingerprint density at radius 1 is 1.05 bits per heavy atom. The second-order valence-corrected chi connectivity index (χ2v) is 10.3. The molecule has 0 saturated carbocycles. The highest BCUT2D eigenvalue weighted by molar-refractivity contribution is 7.99. The molecule has 12 heteroatoms. The third-order valence-electron chi connectivity index (χ3n) is 6.63. The van der Waals surface area contributed by atoms with E-state index < -0.39 is 0 Å². The van der Waals surface area contributed by atoms with Crippen LogP contribution in [0.5, 0.6) is 5.75 Å². The summed E-state index contributed by atoms with van der Waals surface area (Å²) in [4.78, 5) is 37.6. The first-order valence-electron chi connectivity index (χ1n) is 12.7. The zero-order valence-electron chi connectivity index (χ0n) is 21.0. The van der Waals surface area contributed by atoms with E-state index in [1.165, 1.54) is 12.5 Å². The number of piperidine rings is 1. The monoisotopic (exact) mass is 537 g/mol. The number of thioether (sulfide) groups is 1. The normalized spacial score (nSPS) is 16.8. The smallest absolute Gasteiger partial charge is 0.409 e. The maximum Gasteiger partial charge on any atom is 0.415 e. The number of hydrogen-bond acceptors (Lipinski definition) is 9. The molecule has 0 atom stereocenters. The lowest BCUT2D eigenvalue weighted by Gasteiger charge is -2.30. The van der Waals surface area contributed by atoms with Gasteiger partial charge in [0.2, 0.25) is 0 Å². The second-order valence-electron chi connectivity index (χ2n) is 9.32. The first-order chi connectivity index (χ1) is 18.6. The Kier molecular flexibility index (Phi) is 8.84. The van der Waals surface area contributed by atoms with E-state index in [0.717, 1.165) is 62.2 Å². The van der Waals surface area contributed by atoms with Crippen LogP contribution in [0.15, 0.2) is 54.1 Å². The predicted octanol–water partition coefficient (Wildman–Crippen LogP) is 3.29. The number of ether oxygens (including phenoxy) is 2. The number of hydrogen-bond donors (Lipinski definition) is 2. The maximum atomic E-state index is 12.6. The largest absolute Gasteiger partial charge is 0.415 e. The van der Waals surface area contributed by atoms with E-state index in [0.29, 0.717) is 36.1 Å². The first-order valence-corrected chi connectivity index (χ1v) is 13.7. The Hall–Kier alpha value is -3.48. The van der Waals surface area contributed by atoms with Crippen LogP contribution >= 0.6 is 11.8 Å². The number of carbonyl (C=O) groups excluding carboxylic acids is 2. The minimum atomic E-state index is -0.387. The number of morpholine rings is 1. The summed E-state index contributed by atoms with van der Waals surface area (Å²) >= 11 is 1.65. The number of likely N-dealkylation sites (tertiary alicyclic amines) is 1. The number of pyridine rings is 1. The van der Waals surface area contributed by atoms with Crippen LogP contribution in [0, 0.1) is 5.92 Å². The van der Waals surface area contributed by atoms with E-state index >= 15 is 0 Å². The average Bonchev–Trinajstić information content (AvgIpc) is 3.48. The number of benzene rings is 1. The molecular weight excluding hydrogens is 506 g/mol. The summed E-state index contributed by atoms with van der Waals surface area (Å²) < 4.78 is 10.9. The molecular formula is C26H31N7O4S. The van der Waals surface area contributed by atoms with E-state index in [9.17, 15) is 9.59 Å². The maximum absolute atomic E-state index is 12.6. The molecule has 2 N–H and O–H groups in total. The molecule has 0 bridgehead atoms. The fourth-order valence-corrected chi connectivity index (χ4v) is 5.36. The van der Waals surface area contributed by atoms with Gasteiger partial charge >= 0.3 is 6.09 Å². The second kappa shape index (κ2) is 12.9. The van der Waals surface area contributed by atoms with E-state index in [1.54, 1.807) is 28.8 Å². The van der Waals surface area contributed by atoms with E-state index in [1.807, 2.05) is 24.3 Å². The molecule has 11 nitrogen and oxygen atoms in total. The topological polar surface area (TPSA) is 126 Å². The van der Waals surface area contributed by atoms with Crippen molar-refractivity contribution in [2.24, 2.45) is 5.92 Å². The molecule has 5 rings (SSSR count). The van der Waals surface area contributed by atoms with Crippen molar-refractivity contribution in [3.05, 3.63) is 60.0 Å². The minimum Gasteiger partial charge on any atom is -0.409 e. The molecule has 0 spiro atoms. The van der Waals surface area contributed by atoms with Crippen LogP contribution in [0.2, 0.25) is 0 Å². The number of amides is 2. The predicted molar refractivity (Wildman–Crippen MR) is 142 cm³/mol. The molecule has 2 fully saturated rings. The van der Waals surface area contributed by atoms with E-state index in [-0.39, 0.29) is 12.0 Å². The number of anilines is 1. The third kappa shape index (κ3) is 7.30. The van der Waals surface area contributed by atoms with Gasteiger partial charge in [-0.1, -0.05) is 23.9 Å². The summed E-state index contributed by atoms with van der Waals surface area (Å²) in [6.07, 6.45) is 4.38. The van der Waals surface area contributed by atoms with Crippen molar-refractivity contribution in [2.75, 3.05) is 50.5 Å². The SMILES string of the molecule is O=C(Nc1ccc(OC(=O)N2CCC(CSc3ncn[nH]3)CC2)cn1)c1ccc(CN2CCOCC2)cc1. The summed E-state index contributed by atoms with van der Waals surface area (Å²) in [6, 6.07) is 10.8. The number of rotatable bonds is 8. The highest BCUT2D eigenvalue weighted by Crippen LogP contribution is 2.25. The van der Waals surface area contributed by atoms with Crippen molar-refractivity contribution in [3.8, 4) is 5.75 Å². The molecule has 0 aliphatic carbocycles. The molecule has 2 aliphatic heterocycles. The highest BCUT2D eigenvalue weighted by Gasteiger charge is 2.24. The highest BCUT2D eigenvalue weighted by atomic mass is 32.2. The standard InChI is InChI=1S/C26H31N7O4S/c34-24(21-3-1-19(2-4-21)16-32-11-13-36-14-12-32)30-23-6-5-22(15-27-23)37-26(35)33-9-7-20(8-10-33)17-38-25-28-18-29-31-25/h1-6,15,18,20H,7-14,16-17H2,(H,27,30,34)(H,28,29,31). The van der Waals surface area contributed by atoms with Crippen LogP contribution in [0.4, 0.5) is 10.6 Å². The van der Waals surface area contributed by atoms with Gasteiger partial charge < -0.3 is 19.7 Å². The van der Waals surface area contributed by atoms with Gasteiger partial charge in [-0.15, -0.1) is 0 Å². The lowest BCUT2D eigenvalue weighted by Crippen LogP contribution is -2.40. The number of aromatic nitrogens is 4. The van der Waals surface area contributed by atoms with Crippen molar-refractivity contribution in [1.29, 1.82) is 0 Å². The number of carbonyl (C=O) groups is 2. The Bertz CT molecular complexity index is 1180. The molecule has 2 aromatic heterocycles. The van der Waals surface area contributed by atoms with Crippen molar-refractivity contribution >= 4 is 29.6 Å². The van der Waals surface area contributed by atoms with Gasteiger partial charge in [0.05, 0.1) is 19.4 Å². The number of aromatic amines is 1. The van der Waals surface area contributed by atoms with Crippen LogP contribution in [0.1, 0.15) is 28.8 Å². The van der Waals surface area contributed by atoms with Gasteiger partial charge in [-0.25, -0.2) is 14.8 Å². The summed E-state index contributed by atoms with van der Waals surface area (Å²) in [5.41, 5.74) is 1.71. The van der Waals surface area contributed by atoms with Crippen LogP contribution in [-0.2, 0) is 11.3 Å². The number of H-pyrrole nitrogens is 1. The molecule has 200 valence electrons. The summed E-state index contributed by atoms with van der Waals surface area (Å²) in [6.45, 7) is 5.49. The average molecular weight is 538 g/mol. The fourth-order valence-electron chi connectivity index (χ4n) is 4.39. The lowest BCUT2D eigenvalue weighted by atomic mass is 9.99. The van der Waals surface area contributed by atoms with Crippen LogP contribution in [-0.4, -0.2) is 87.1 Å². The van der Waals surface area contributed by atoms with Gasteiger partial charge in [0.15, 0.2) is 10.9 Å². The molecule has 1 aromatic carbocycles. The van der Waals surface area contributed by atoms with Gasteiger partial charge in [0.25, 0.3) is 5.91 Å². The van der Waals surface area contributed by atoms with Gasteiger partial charge in [0.1, 0.15) is 12.1 Å². The Morgan fingerprint density at radius 3 is 2.53 bits per heavy atom. The molecule has 0 radical (unpaired) electrons. The molecule has 4 heterocycles. The third-order valence-corrected chi connectivity index (χ3v) is 7.74. The Morgan fingerprint density at radius 2 is 1.84 bits per heavy atom. The molecule has 2 amide bonds. The number of nitrogens with zero attached hydrogens (tertiary/aromatic N) is 5. The van der Waals surface area contributed by atoms with Gasteiger partial charge in [-0.05, 0) is 48.6 Å². The quantitative estimate of drug-likeness (QED) is 0.416. The summed E-state index contributed by atoms with van der Waals surface area (Å²) in [7, 11) is 0. The first kappa shape index (κ1) is 26.1. The zero-order valence-corrected chi connectivity index (χ0v) is 21.9. The molecule has 0 unspecified atom stereocenters. The van der Waals surface area contributed by atoms with Gasteiger partial charge in [-0.2, -0.15) is 5.10 Å². The molecule has 38 heavy (non-hydrogen) atoms. The van der Waals surface area contributed by atoms with Gasteiger partial charge in [0, 0.05) is 44.0 Å². The van der Waals surface area contributed by atoms with Crippen molar-refractivity contribution in [3.63, 3.8) is 0 Å². The van der Waals surface area contributed by atoms with Crippen LogP contribution in [0.25, 0.3) is 0 Å². The molecule has 2 saturated heterocycles. The van der Waals surface area contributed by atoms with Crippen molar-refractivity contribution < 1.29 is 19.1 Å². The van der Waals surface area contributed by atoms with E-state index in [2.05, 4.69) is 30.4 Å². The fraction of sp³-hybridized carbons (Fsp3) is 0.423. The number of nitrogens with one attached hydrogen (secondary N) is 2. The molecule has 3 aromatic rings. The van der Waals surface area contributed by atoms with Crippen LogP contribution < -0.4 is 10.1 Å². The van der Waals surface area contributed by atoms with Crippen LogP contribution in [0.3, 0.4) is 0 Å². The van der Waals surface area contributed by atoms with Gasteiger partial charge in [-0.3, -0.25) is 14.8 Å². The minimum absolute atomic E-state index is 0.246. The Balaban J connectivity index is 1.05. The van der Waals surface area contributed by atoms with Crippen molar-refractivity contribution in [2.45, 2.75) is 24.5 Å². The lowest BCUT2D eigenvalue weighted by molar-refractivity contribution is 0.0342. The van der Waals surface area contributed by atoms with E-state index in [4.69, 9.17) is 9.47 Å². The zero-order chi connectivity index (χ0) is 26.2. The van der Waals surface area contributed by atoms with Crippen molar-refractivity contribution in [1.82, 2.24) is 30.0 Å². The summed E-state index contributed by atoms with van der Waals surface area (Å²) in [5.74, 6) is 1.93. The summed E-state index contributed by atoms with van der Waals surface area (Å²) in [5, 5.41) is 10.3. The molecule has 2 aliphatic rings.